The first-order valence-electron chi connectivity index (χ1n) is 10.6. The number of nitrogens with one attached hydrogen (secondary N) is 1. The summed E-state index contributed by atoms with van der Waals surface area (Å²) in [4.78, 5) is 25.0. The van der Waals surface area contributed by atoms with E-state index in [1.807, 2.05) is 42.5 Å². The molecule has 4 aromatic rings. The Labute approximate surface area is 215 Å². The van der Waals surface area contributed by atoms with Crippen molar-refractivity contribution in [3.63, 3.8) is 0 Å². The molecule has 0 radical (unpaired) electrons. The van der Waals surface area contributed by atoms with Crippen molar-refractivity contribution in [1.29, 1.82) is 0 Å². The zero-order chi connectivity index (χ0) is 24.8. The number of hydrogen-bond acceptors (Lipinski definition) is 5. The summed E-state index contributed by atoms with van der Waals surface area (Å²) in [6.45, 7) is 1.64. The number of hydrazone groups is 1. The van der Waals surface area contributed by atoms with Crippen LogP contribution >= 0.6 is 27.5 Å². The molecule has 1 N–H and O–H groups in total. The Morgan fingerprint density at radius 1 is 0.971 bits per heavy atom. The van der Waals surface area contributed by atoms with Crippen molar-refractivity contribution in [3.05, 3.63) is 106 Å². The topological polar surface area (TPSA) is 77.0 Å². The maximum absolute atomic E-state index is 12.5. The lowest BCUT2D eigenvalue weighted by Crippen LogP contribution is -2.33. The molecule has 4 rings (SSSR count). The highest BCUT2D eigenvalue weighted by atomic mass is 79.9. The molecule has 1 atom stereocenters. The van der Waals surface area contributed by atoms with Gasteiger partial charge in [-0.3, -0.25) is 4.79 Å². The molecule has 0 saturated heterocycles. The van der Waals surface area contributed by atoms with Gasteiger partial charge in [0.1, 0.15) is 11.5 Å². The molecule has 35 heavy (non-hydrogen) atoms. The predicted molar refractivity (Wildman–Crippen MR) is 140 cm³/mol. The number of esters is 1. The van der Waals surface area contributed by atoms with Crippen molar-refractivity contribution < 1.29 is 19.1 Å². The summed E-state index contributed by atoms with van der Waals surface area (Å²) in [6.07, 6.45) is 0.619. The second-order valence-electron chi connectivity index (χ2n) is 7.58. The van der Waals surface area contributed by atoms with Crippen LogP contribution in [0.5, 0.6) is 11.5 Å². The lowest BCUT2D eigenvalue weighted by Gasteiger charge is -2.13. The first-order chi connectivity index (χ1) is 16.9. The number of carbonyl (C=O) groups is 2. The van der Waals surface area contributed by atoms with Gasteiger partial charge < -0.3 is 9.47 Å². The number of nitrogens with zero attached hydrogens (tertiary/aromatic N) is 1. The maximum atomic E-state index is 12.5. The second kappa shape index (κ2) is 11.2. The molecule has 0 saturated carbocycles. The normalized spacial score (nSPS) is 11.9. The summed E-state index contributed by atoms with van der Waals surface area (Å²) in [5.74, 6) is -0.102. The van der Waals surface area contributed by atoms with Gasteiger partial charge >= 0.3 is 5.97 Å². The summed E-state index contributed by atoms with van der Waals surface area (Å²) < 4.78 is 12.0. The number of carbonyl (C=O) groups excluding carboxylic acids is 2. The first kappa shape index (κ1) is 24.4. The van der Waals surface area contributed by atoms with Gasteiger partial charge in [-0.1, -0.05) is 57.9 Å². The summed E-state index contributed by atoms with van der Waals surface area (Å²) in [5, 5.41) is 6.64. The number of hydrogen-bond donors (Lipinski definition) is 1. The molecule has 8 heteroatoms. The van der Waals surface area contributed by atoms with Gasteiger partial charge in [0, 0.05) is 15.1 Å². The van der Waals surface area contributed by atoms with Crippen molar-refractivity contribution in [3.8, 4) is 11.5 Å². The largest absolute Gasteiger partial charge is 0.481 e. The van der Waals surface area contributed by atoms with Crippen molar-refractivity contribution >= 4 is 56.4 Å². The average molecular weight is 552 g/mol. The quantitative estimate of drug-likeness (QED) is 0.125. The van der Waals surface area contributed by atoms with Crippen LogP contribution in [0.2, 0.25) is 5.02 Å². The lowest BCUT2D eigenvalue weighted by molar-refractivity contribution is -0.127. The third kappa shape index (κ3) is 6.47. The van der Waals surface area contributed by atoms with Gasteiger partial charge in [0.2, 0.25) is 0 Å². The van der Waals surface area contributed by atoms with Crippen LogP contribution in [0.4, 0.5) is 0 Å². The lowest BCUT2D eigenvalue weighted by atomic mass is 10.1. The van der Waals surface area contributed by atoms with Crippen molar-refractivity contribution in [1.82, 2.24) is 5.43 Å². The monoisotopic (exact) mass is 550 g/mol. The van der Waals surface area contributed by atoms with E-state index < -0.39 is 18.0 Å². The minimum absolute atomic E-state index is 0.284. The maximum Gasteiger partial charge on any atom is 0.343 e. The summed E-state index contributed by atoms with van der Waals surface area (Å²) in [5.41, 5.74) is 3.31. The number of benzene rings is 4. The zero-order valence-corrected chi connectivity index (χ0v) is 20.9. The number of ether oxygens (including phenoxy) is 2. The van der Waals surface area contributed by atoms with Crippen LogP contribution in [0.3, 0.4) is 0 Å². The number of amides is 1. The second-order valence-corrected chi connectivity index (χ2v) is 8.93. The molecule has 0 aliphatic heterocycles. The van der Waals surface area contributed by atoms with E-state index in [-0.39, 0.29) is 5.75 Å². The van der Waals surface area contributed by atoms with Crippen LogP contribution in [-0.2, 0) is 4.79 Å². The Hall–Kier alpha value is -3.68. The molecule has 6 nitrogen and oxygen atoms in total. The Bertz CT molecular complexity index is 1410. The molecule has 0 aliphatic carbocycles. The van der Waals surface area contributed by atoms with Crippen LogP contribution in [0, 0.1) is 0 Å². The van der Waals surface area contributed by atoms with Crippen molar-refractivity contribution in [2.75, 3.05) is 0 Å². The van der Waals surface area contributed by atoms with E-state index >= 15 is 0 Å². The van der Waals surface area contributed by atoms with Gasteiger partial charge in [0.25, 0.3) is 5.91 Å². The third-order valence-corrected chi connectivity index (χ3v) is 5.78. The SMILES string of the molecule is C[C@H](Oc1ccc2ccccc2c1)C(=O)N/N=C\c1cc(Br)ccc1OC(=O)c1ccc(Cl)cc1. The molecule has 0 fully saturated rings. The van der Waals surface area contributed by atoms with E-state index in [9.17, 15) is 9.59 Å². The van der Waals surface area contributed by atoms with Gasteiger partial charge in [0.05, 0.1) is 11.8 Å². The summed E-state index contributed by atoms with van der Waals surface area (Å²) in [7, 11) is 0. The van der Waals surface area contributed by atoms with E-state index in [4.69, 9.17) is 21.1 Å². The van der Waals surface area contributed by atoms with Crippen LogP contribution in [0.15, 0.2) is 94.5 Å². The number of halogens is 2. The molecule has 0 bridgehead atoms. The minimum atomic E-state index is -0.780. The fraction of sp³-hybridized carbons (Fsp3) is 0.0741. The molecule has 0 aliphatic rings. The van der Waals surface area contributed by atoms with Crippen LogP contribution in [-0.4, -0.2) is 24.2 Å². The Morgan fingerprint density at radius 3 is 2.49 bits per heavy atom. The van der Waals surface area contributed by atoms with Crippen molar-refractivity contribution in [2.45, 2.75) is 13.0 Å². The van der Waals surface area contributed by atoms with E-state index in [0.29, 0.717) is 21.9 Å². The summed E-state index contributed by atoms with van der Waals surface area (Å²) in [6, 6.07) is 25.0. The molecule has 0 unspecified atom stereocenters. The third-order valence-electron chi connectivity index (χ3n) is 5.04. The average Bonchev–Trinajstić information content (AvgIpc) is 2.85. The van der Waals surface area contributed by atoms with Gasteiger partial charge in [-0.25, -0.2) is 10.2 Å². The molecule has 1 amide bonds. The van der Waals surface area contributed by atoms with Crippen LogP contribution in [0.1, 0.15) is 22.8 Å². The van der Waals surface area contributed by atoms with E-state index in [2.05, 4.69) is 26.5 Å². The highest BCUT2D eigenvalue weighted by molar-refractivity contribution is 9.10. The fourth-order valence-electron chi connectivity index (χ4n) is 3.21. The van der Waals surface area contributed by atoms with Gasteiger partial charge in [-0.15, -0.1) is 0 Å². The number of fused-ring (bicyclic) bond motifs is 1. The standard InChI is InChI=1S/C27H20BrClN2O4/c1-17(34-24-12-8-18-4-2-3-5-20(18)15-24)26(32)31-30-16-21-14-22(28)9-13-25(21)35-27(33)19-6-10-23(29)11-7-19/h2-17H,1H3,(H,31,32)/b30-16-/t17-/m0/s1. The molecule has 0 heterocycles. The molecule has 0 aromatic heterocycles. The molecule has 4 aromatic carbocycles. The zero-order valence-electron chi connectivity index (χ0n) is 18.6. The van der Waals surface area contributed by atoms with Gasteiger partial charge in [0.15, 0.2) is 6.10 Å². The van der Waals surface area contributed by atoms with Crippen LogP contribution in [0.25, 0.3) is 10.8 Å². The van der Waals surface area contributed by atoms with Gasteiger partial charge in [-0.2, -0.15) is 5.10 Å². The van der Waals surface area contributed by atoms with Crippen LogP contribution < -0.4 is 14.9 Å². The Kier molecular flexibility index (Phi) is 7.80. The van der Waals surface area contributed by atoms with E-state index in [1.54, 1.807) is 49.4 Å². The summed E-state index contributed by atoms with van der Waals surface area (Å²) >= 11 is 9.26. The smallest absolute Gasteiger partial charge is 0.343 e. The minimum Gasteiger partial charge on any atom is -0.481 e. The number of rotatable bonds is 7. The van der Waals surface area contributed by atoms with Crippen molar-refractivity contribution in [2.24, 2.45) is 5.10 Å². The molecule has 176 valence electrons. The first-order valence-corrected chi connectivity index (χ1v) is 11.8. The Balaban J connectivity index is 1.40. The highest BCUT2D eigenvalue weighted by Crippen LogP contribution is 2.24. The molecular formula is C27H20BrClN2O4. The van der Waals surface area contributed by atoms with E-state index in [1.165, 1.54) is 6.21 Å². The predicted octanol–water partition coefficient (Wildman–Crippen LogP) is 6.39. The molecule has 0 spiro atoms. The highest BCUT2D eigenvalue weighted by Gasteiger charge is 2.15. The fourth-order valence-corrected chi connectivity index (χ4v) is 3.72. The Morgan fingerprint density at radius 2 is 1.71 bits per heavy atom. The van der Waals surface area contributed by atoms with E-state index in [0.717, 1.165) is 15.2 Å². The van der Waals surface area contributed by atoms with Gasteiger partial charge in [-0.05, 0) is 72.3 Å². The molecular weight excluding hydrogens is 532 g/mol.